The molecule has 0 saturated carbocycles. The van der Waals surface area contributed by atoms with E-state index >= 15 is 0 Å². The summed E-state index contributed by atoms with van der Waals surface area (Å²) in [6.07, 6.45) is 1.76. The van der Waals surface area contributed by atoms with Gasteiger partial charge < -0.3 is 10.2 Å². The number of likely N-dealkylation sites (N-methyl/N-ethyl adjacent to an activating group) is 1. The number of hydrogen-bond donors (Lipinski definition) is 1. The number of carbonyl (C=O) groups excluding carboxylic acids is 1. The van der Waals surface area contributed by atoms with Crippen molar-refractivity contribution >= 4 is 17.5 Å². The maximum atomic E-state index is 12.1. The average molecular weight is 297 g/mol. The van der Waals surface area contributed by atoms with E-state index in [9.17, 15) is 4.79 Å². The molecule has 1 N–H and O–H groups in total. The number of nitrogens with one attached hydrogen (secondary N) is 1. The molecule has 0 fully saturated rings. The van der Waals surface area contributed by atoms with Crippen LogP contribution < -0.4 is 5.32 Å². The summed E-state index contributed by atoms with van der Waals surface area (Å²) in [6.45, 7) is 4.70. The molecule has 0 aromatic heterocycles. The van der Waals surface area contributed by atoms with Crippen molar-refractivity contribution < 1.29 is 4.79 Å². The van der Waals surface area contributed by atoms with Crippen LogP contribution in [0.25, 0.3) is 0 Å². The van der Waals surface area contributed by atoms with E-state index in [1.165, 1.54) is 0 Å². The van der Waals surface area contributed by atoms with Gasteiger partial charge in [-0.05, 0) is 44.6 Å². The van der Waals surface area contributed by atoms with Gasteiger partial charge in [-0.1, -0.05) is 37.6 Å². The van der Waals surface area contributed by atoms with Crippen LogP contribution in [-0.4, -0.2) is 31.4 Å². The van der Waals surface area contributed by atoms with Crippen molar-refractivity contribution in [3.8, 4) is 0 Å². The zero-order valence-electron chi connectivity index (χ0n) is 12.8. The van der Waals surface area contributed by atoms with Crippen molar-refractivity contribution in [1.82, 2.24) is 10.2 Å². The van der Waals surface area contributed by atoms with Gasteiger partial charge in [-0.2, -0.15) is 0 Å². The molecule has 0 radical (unpaired) electrons. The van der Waals surface area contributed by atoms with Crippen molar-refractivity contribution in [2.75, 3.05) is 20.6 Å². The summed E-state index contributed by atoms with van der Waals surface area (Å²) in [5.41, 5.74) is 1.12. The second-order valence-corrected chi connectivity index (χ2v) is 5.73. The van der Waals surface area contributed by atoms with Gasteiger partial charge in [-0.25, -0.2) is 0 Å². The molecular formula is C16H25ClN2O. The Kier molecular flexibility index (Phi) is 7.03. The highest BCUT2D eigenvalue weighted by molar-refractivity contribution is 6.30. The van der Waals surface area contributed by atoms with Gasteiger partial charge in [0.2, 0.25) is 5.91 Å². The lowest BCUT2D eigenvalue weighted by atomic mass is 10.0. The predicted octanol–water partition coefficient (Wildman–Crippen LogP) is 3.50. The van der Waals surface area contributed by atoms with Crippen LogP contribution in [0.15, 0.2) is 24.3 Å². The Morgan fingerprint density at radius 3 is 2.45 bits per heavy atom. The smallest absolute Gasteiger partial charge is 0.223 e. The van der Waals surface area contributed by atoms with Crippen molar-refractivity contribution in [2.45, 2.75) is 32.7 Å². The molecule has 0 saturated heterocycles. The summed E-state index contributed by atoms with van der Waals surface area (Å²) < 4.78 is 0. The molecule has 0 aliphatic rings. The zero-order chi connectivity index (χ0) is 15.1. The molecule has 1 aromatic carbocycles. The van der Waals surface area contributed by atoms with Crippen LogP contribution in [0.2, 0.25) is 5.02 Å². The van der Waals surface area contributed by atoms with Gasteiger partial charge in [-0.3, -0.25) is 4.79 Å². The number of rotatable bonds is 7. The standard InChI is InChI=1S/C16H25ClN2O/c1-5-12(6-2)16(20)18-11-15(19(3)4)13-8-7-9-14(17)10-13/h7-10,12,15H,5-6,11H2,1-4H3,(H,18,20). The van der Waals surface area contributed by atoms with Crippen LogP contribution in [0.1, 0.15) is 38.3 Å². The number of benzene rings is 1. The van der Waals surface area contributed by atoms with Crippen molar-refractivity contribution in [1.29, 1.82) is 0 Å². The third-order valence-corrected chi connectivity index (χ3v) is 3.92. The lowest BCUT2D eigenvalue weighted by Crippen LogP contribution is -2.37. The van der Waals surface area contributed by atoms with Crippen molar-refractivity contribution in [3.05, 3.63) is 34.9 Å². The van der Waals surface area contributed by atoms with Crippen LogP contribution >= 0.6 is 11.6 Å². The molecule has 1 amide bonds. The van der Waals surface area contributed by atoms with Gasteiger partial charge in [0, 0.05) is 17.5 Å². The van der Waals surface area contributed by atoms with E-state index in [4.69, 9.17) is 11.6 Å². The highest BCUT2D eigenvalue weighted by Gasteiger charge is 2.18. The lowest BCUT2D eigenvalue weighted by molar-refractivity contribution is -0.125. The monoisotopic (exact) mass is 296 g/mol. The number of halogens is 1. The minimum Gasteiger partial charge on any atom is -0.354 e. The molecule has 3 nitrogen and oxygen atoms in total. The Balaban J connectivity index is 2.72. The predicted molar refractivity (Wildman–Crippen MR) is 85.0 cm³/mol. The molecule has 0 heterocycles. The third kappa shape index (κ3) is 4.80. The second kappa shape index (κ2) is 8.28. The van der Waals surface area contributed by atoms with Gasteiger partial charge in [-0.15, -0.1) is 0 Å². The fraction of sp³-hybridized carbons (Fsp3) is 0.562. The maximum Gasteiger partial charge on any atom is 0.223 e. The first-order chi connectivity index (χ1) is 9.49. The summed E-state index contributed by atoms with van der Waals surface area (Å²) in [5, 5.41) is 3.78. The molecule has 4 heteroatoms. The Morgan fingerprint density at radius 2 is 1.95 bits per heavy atom. The maximum absolute atomic E-state index is 12.1. The van der Waals surface area contributed by atoms with Gasteiger partial charge in [0.15, 0.2) is 0 Å². The number of hydrogen-bond acceptors (Lipinski definition) is 2. The molecule has 1 rings (SSSR count). The van der Waals surface area contributed by atoms with Gasteiger partial charge in [0.1, 0.15) is 0 Å². The first kappa shape index (κ1) is 17.0. The van der Waals surface area contributed by atoms with Gasteiger partial charge in [0.25, 0.3) is 0 Å². The largest absolute Gasteiger partial charge is 0.354 e. The van der Waals surface area contributed by atoms with E-state index in [0.717, 1.165) is 23.4 Å². The number of nitrogens with zero attached hydrogens (tertiary/aromatic N) is 1. The minimum atomic E-state index is 0.108. The third-order valence-electron chi connectivity index (χ3n) is 3.68. The SMILES string of the molecule is CCC(CC)C(=O)NCC(c1cccc(Cl)c1)N(C)C. The molecule has 0 bridgehead atoms. The zero-order valence-corrected chi connectivity index (χ0v) is 13.6. The normalized spacial score (nSPS) is 12.8. The Bertz CT molecular complexity index is 430. The first-order valence-electron chi connectivity index (χ1n) is 7.19. The summed E-state index contributed by atoms with van der Waals surface area (Å²) in [5.74, 6) is 0.251. The quantitative estimate of drug-likeness (QED) is 0.835. The van der Waals surface area contributed by atoms with Crippen LogP contribution in [0.4, 0.5) is 0 Å². The fourth-order valence-electron chi connectivity index (χ4n) is 2.31. The van der Waals surface area contributed by atoms with E-state index in [1.807, 2.05) is 52.2 Å². The van der Waals surface area contributed by atoms with Gasteiger partial charge >= 0.3 is 0 Å². The Morgan fingerprint density at radius 1 is 1.30 bits per heavy atom. The Labute approximate surface area is 127 Å². The van der Waals surface area contributed by atoms with E-state index in [2.05, 4.69) is 10.2 Å². The number of amides is 1. The Hall–Kier alpha value is -1.06. The van der Waals surface area contributed by atoms with E-state index < -0.39 is 0 Å². The highest BCUT2D eigenvalue weighted by atomic mass is 35.5. The van der Waals surface area contributed by atoms with E-state index in [-0.39, 0.29) is 17.9 Å². The molecular weight excluding hydrogens is 272 g/mol. The first-order valence-corrected chi connectivity index (χ1v) is 7.56. The summed E-state index contributed by atoms with van der Waals surface area (Å²) in [7, 11) is 4.02. The van der Waals surface area contributed by atoms with Crippen LogP contribution in [0, 0.1) is 5.92 Å². The topological polar surface area (TPSA) is 32.3 Å². The van der Waals surface area contributed by atoms with Crippen molar-refractivity contribution in [3.63, 3.8) is 0 Å². The molecule has 112 valence electrons. The molecule has 0 aliphatic carbocycles. The van der Waals surface area contributed by atoms with E-state index in [1.54, 1.807) is 0 Å². The minimum absolute atomic E-state index is 0.108. The van der Waals surface area contributed by atoms with E-state index in [0.29, 0.717) is 6.54 Å². The number of carbonyl (C=O) groups is 1. The van der Waals surface area contributed by atoms with Crippen LogP contribution in [-0.2, 0) is 4.79 Å². The van der Waals surface area contributed by atoms with Crippen LogP contribution in [0.3, 0.4) is 0 Å². The molecule has 1 unspecified atom stereocenters. The molecule has 1 atom stereocenters. The molecule has 20 heavy (non-hydrogen) atoms. The highest BCUT2D eigenvalue weighted by Crippen LogP contribution is 2.21. The molecule has 0 spiro atoms. The summed E-state index contributed by atoms with van der Waals surface area (Å²) >= 11 is 6.05. The fourth-order valence-corrected chi connectivity index (χ4v) is 2.51. The summed E-state index contributed by atoms with van der Waals surface area (Å²) in [6, 6.07) is 7.93. The van der Waals surface area contributed by atoms with Crippen LogP contribution in [0.5, 0.6) is 0 Å². The molecule has 1 aromatic rings. The van der Waals surface area contributed by atoms with Gasteiger partial charge in [0.05, 0.1) is 6.04 Å². The average Bonchev–Trinajstić information content (AvgIpc) is 2.40. The lowest BCUT2D eigenvalue weighted by Gasteiger charge is -2.26. The second-order valence-electron chi connectivity index (χ2n) is 5.29. The van der Waals surface area contributed by atoms with Crippen molar-refractivity contribution in [2.24, 2.45) is 5.92 Å². The molecule has 0 aliphatic heterocycles. The summed E-state index contributed by atoms with van der Waals surface area (Å²) in [4.78, 5) is 14.2.